The maximum atomic E-state index is 6.40. The summed E-state index contributed by atoms with van der Waals surface area (Å²) in [6.07, 6.45) is 1.14. The number of nitrogens with zero attached hydrogens (tertiary/aromatic N) is 2. The van der Waals surface area contributed by atoms with E-state index in [0.717, 1.165) is 37.6 Å². The molecule has 0 saturated carbocycles. The summed E-state index contributed by atoms with van der Waals surface area (Å²) in [5, 5.41) is 4.06. The molecule has 0 aromatic heterocycles. The highest BCUT2D eigenvalue weighted by molar-refractivity contribution is 6.33. The van der Waals surface area contributed by atoms with Gasteiger partial charge in [-0.15, -0.1) is 0 Å². The van der Waals surface area contributed by atoms with E-state index >= 15 is 0 Å². The van der Waals surface area contributed by atoms with Crippen molar-refractivity contribution in [1.82, 2.24) is 10.2 Å². The van der Waals surface area contributed by atoms with Gasteiger partial charge in [-0.3, -0.25) is 0 Å². The predicted octanol–water partition coefficient (Wildman–Crippen LogP) is 2.84. The largest absolute Gasteiger partial charge is 0.370 e. The van der Waals surface area contributed by atoms with Crippen LogP contribution in [-0.2, 0) is 6.54 Å². The second-order valence-electron chi connectivity index (χ2n) is 5.01. The first-order valence-corrected chi connectivity index (χ1v) is 7.29. The molecule has 0 aliphatic carbocycles. The molecule has 0 spiro atoms. The number of anilines is 1. The van der Waals surface area contributed by atoms with Gasteiger partial charge in [-0.25, -0.2) is 0 Å². The SMILES string of the molecule is CCN(CCCN(C)C)c1c(Cl)cccc1CNC. The van der Waals surface area contributed by atoms with Gasteiger partial charge in [0.05, 0.1) is 10.7 Å². The third-order valence-electron chi connectivity index (χ3n) is 3.17. The molecular formula is C15H26ClN3. The lowest BCUT2D eigenvalue weighted by Gasteiger charge is -2.27. The third kappa shape index (κ3) is 5.01. The average molecular weight is 284 g/mol. The number of nitrogens with one attached hydrogen (secondary N) is 1. The minimum absolute atomic E-state index is 0.847. The Labute approximate surface area is 122 Å². The van der Waals surface area contributed by atoms with E-state index in [1.165, 1.54) is 11.3 Å². The van der Waals surface area contributed by atoms with E-state index < -0.39 is 0 Å². The van der Waals surface area contributed by atoms with Crippen LogP contribution in [0.2, 0.25) is 5.02 Å². The Morgan fingerprint density at radius 2 is 1.95 bits per heavy atom. The molecular weight excluding hydrogens is 258 g/mol. The number of para-hydroxylation sites is 1. The van der Waals surface area contributed by atoms with E-state index in [0.29, 0.717) is 0 Å². The van der Waals surface area contributed by atoms with E-state index in [2.05, 4.69) is 42.2 Å². The van der Waals surface area contributed by atoms with Crippen molar-refractivity contribution in [2.45, 2.75) is 19.9 Å². The van der Waals surface area contributed by atoms with Crippen LogP contribution in [0.3, 0.4) is 0 Å². The van der Waals surface area contributed by atoms with Gasteiger partial charge in [0.15, 0.2) is 0 Å². The van der Waals surface area contributed by atoms with E-state index in [1.807, 2.05) is 19.2 Å². The first-order chi connectivity index (χ1) is 9.10. The van der Waals surface area contributed by atoms with Crippen LogP contribution < -0.4 is 10.2 Å². The first kappa shape index (κ1) is 16.3. The average Bonchev–Trinajstić information content (AvgIpc) is 2.36. The number of rotatable bonds is 8. The zero-order valence-corrected chi connectivity index (χ0v) is 13.3. The molecule has 0 unspecified atom stereocenters. The molecule has 1 aromatic rings. The second-order valence-corrected chi connectivity index (χ2v) is 5.42. The topological polar surface area (TPSA) is 18.5 Å². The van der Waals surface area contributed by atoms with Crippen molar-refractivity contribution >= 4 is 17.3 Å². The maximum absolute atomic E-state index is 6.40. The van der Waals surface area contributed by atoms with Gasteiger partial charge in [0.1, 0.15) is 0 Å². The van der Waals surface area contributed by atoms with Crippen molar-refractivity contribution < 1.29 is 0 Å². The zero-order chi connectivity index (χ0) is 14.3. The summed E-state index contributed by atoms with van der Waals surface area (Å²) in [5.41, 5.74) is 2.45. The minimum Gasteiger partial charge on any atom is -0.370 e. The molecule has 0 aliphatic heterocycles. The summed E-state index contributed by atoms with van der Waals surface area (Å²) in [6.45, 7) is 6.15. The minimum atomic E-state index is 0.847. The van der Waals surface area contributed by atoms with Crippen molar-refractivity contribution in [3.05, 3.63) is 28.8 Å². The molecule has 0 amide bonds. The third-order valence-corrected chi connectivity index (χ3v) is 3.47. The second kappa shape index (κ2) is 8.41. The Bertz CT molecular complexity index is 380. The van der Waals surface area contributed by atoms with Gasteiger partial charge < -0.3 is 15.1 Å². The molecule has 1 aromatic carbocycles. The Morgan fingerprint density at radius 1 is 1.21 bits per heavy atom. The van der Waals surface area contributed by atoms with Crippen molar-refractivity contribution in [1.29, 1.82) is 0 Å². The van der Waals surface area contributed by atoms with E-state index in [1.54, 1.807) is 0 Å². The Kier molecular flexibility index (Phi) is 7.21. The van der Waals surface area contributed by atoms with Gasteiger partial charge >= 0.3 is 0 Å². The number of halogens is 1. The van der Waals surface area contributed by atoms with Gasteiger partial charge in [-0.05, 0) is 52.7 Å². The molecule has 19 heavy (non-hydrogen) atoms. The normalized spacial score (nSPS) is 11.1. The zero-order valence-electron chi connectivity index (χ0n) is 12.5. The number of hydrogen-bond acceptors (Lipinski definition) is 3. The molecule has 108 valence electrons. The van der Waals surface area contributed by atoms with E-state index in [-0.39, 0.29) is 0 Å². The van der Waals surface area contributed by atoms with Crippen LogP contribution in [0.15, 0.2) is 18.2 Å². The molecule has 0 bridgehead atoms. The van der Waals surface area contributed by atoms with Crippen LogP contribution in [0.4, 0.5) is 5.69 Å². The summed E-state index contributed by atoms with van der Waals surface area (Å²) in [5.74, 6) is 0. The molecule has 4 heteroatoms. The van der Waals surface area contributed by atoms with Crippen LogP contribution in [-0.4, -0.2) is 45.7 Å². The Morgan fingerprint density at radius 3 is 2.53 bits per heavy atom. The smallest absolute Gasteiger partial charge is 0.0642 e. The monoisotopic (exact) mass is 283 g/mol. The number of hydrogen-bond donors (Lipinski definition) is 1. The van der Waals surface area contributed by atoms with Crippen LogP contribution >= 0.6 is 11.6 Å². The summed E-state index contributed by atoms with van der Waals surface area (Å²) in [4.78, 5) is 4.59. The van der Waals surface area contributed by atoms with Crippen LogP contribution in [0.5, 0.6) is 0 Å². The molecule has 0 heterocycles. The summed E-state index contributed by atoms with van der Waals surface area (Å²) in [7, 11) is 6.18. The van der Waals surface area contributed by atoms with Gasteiger partial charge in [0, 0.05) is 19.6 Å². The lowest BCUT2D eigenvalue weighted by atomic mass is 10.1. The lowest BCUT2D eigenvalue weighted by molar-refractivity contribution is 0.400. The van der Waals surface area contributed by atoms with E-state index in [4.69, 9.17) is 11.6 Å². The summed E-state index contributed by atoms with van der Waals surface area (Å²) >= 11 is 6.40. The fourth-order valence-corrected chi connectivity index (χ4v) is 2.57. The molecule has 0 radical (unpaired) electrons. The van der Waals surface area contributed by atoms with E-state index in [9.17, 15) is 0 Å². The van der Waals surface area contributed by atoms with Crippen molar-refractivity contribution in [2.75, 3.05) is 45.7 Å². The standard InChI is InChI=1S/C15H26ClN3/c1-5-19(11-7-10-18(3)4)15-13(12-17-2)8-6-9-14(15)16/h6,8-9,17H,5,7,10-12H2,1-4H3. The van der Waals surface area contributed by atoms with Crippen molar-refractivity contribution in [3.63, 3.8) is 0 Å². The Hall–Kier alpha value is -0.770. The van der Waals surface area contributed by atoms with Crippen molar-refractivity contribution in [2.24, 2.45) is 0 Å². The molecule has 0 fully saturated rings. The fourth-order valence-electron chi connectivity index (χ4n) is 2.25. The molecule has 1 rings (SSSR count). The predicted molar refractivity (Wildman–Crippen MR) is 85.3 cm³/mol. The summed E-state index contributed by atoms with van der Waals surface area (Å²) < 4.78 is 0. The molecule has 0 atom stereocenters. The van der Waals surface area contributed by atoms with Gasteiger partial charge in [0.25, 0.3) is 0 Å². The lowest BCUT2D eigenvalue weighted by Crippen LogP contribution is -2.28. The van der Waals surface area contributed by atoms with Gasteiger partial charge in [-0.2, -0.15) is 0 Å². The highest BCUT2D eigenvalue weighted by Gasteiger charge is 2.13. The maximum Gasteiger partial charge on any atom is 0.0642 e. The van der Waals surface area contributed by atoms with Gasteiger partial charge in [0.2, 0.25) is 0 Å². The number of benzene rings is 1. The van der Waals surface area contributed by atoms with Crippen LogP contribution in [0.25, 0.3) is 0 Å². The highest BCUT2D eigenvalue weighted by atomic mass is 35.5. The molecule has 3 nitrogen and oxygen atoms in total. The quantitative estimate of drug-likeness (QED) is 0.791. The van der Waals surface area contributed by atoms with Crippen LogP contribution in [0.1, 0.15) is 18.9 Å². The van der Waals surface area contributed by atoms with Crippen molar-refractivity contribution in [3.8, 4) is 0 Å². The fraction of sp³-hybridized carbons (Fsp3) is 0.600. The molecule has 0 saturated heterocycles. The Balaban J connectivity index is 2.84. The van der Waals surface area contributed by atoms with Gasteiger partial charge in [-0.1, -0.05) is 23.7 Å². The summed E-state index contributed by atoms with van der Waals surface area (Å²) in [6, 6.07) is 6.14. The molecule has 0 aliphatic rings. The molecule has 1 N–H and O–H groups in total. The first-order valence-electron chi connectivity index (χ1n) is 6.91. The highest BCUT2D eigenvalue weighted by Crippen LogP contribution is 2.30. The van der Waals surface area contributed by atoms with Crippen LogP contribution in [0, 0.1) is 0 Å².